The van der Waals surface area contributed by atoms with E-state index in [1.807, 2.05) is 24.3 Å². The number of fused-ring (bicyclic) bond motifs is 2. The number of hydrogen-bond donors (Lipinski definition) is 2. The Balaban J connectivity index is 0.000000171. The van der Waals surface area contributed by atoms with E-state index in [0.29, 0.717) is 34.6 Å². The van der Waals surface area contributed by atoms with Gasteiger partial charge in [0.05, 0.1) is 12.8 Å². The molecule has 0 radical (unpaired) electrons. The molecule has 4 nitrogen and oxygen atoms in total. The van der Waals surface area contributed by atoms with Crippen LogP contribution in [0.25, 0.3) is 0 Å². The van der Waals surface area contributed by atoms with Crippen molar-refractivity contribution >= 4 is 69.6 Å². The molecule has 4 rings (SSSR count). The minimum absolute atomic E-state index is 0.0376. The molecule has 0 bridgehead atoms. The van der Waals surface area contributed by atoms with Crippen LogP contribution in [0.5, 0.6) is 0 Å². The van der Waals surface area contributed by atoms with Gasteiger partial charge in [-0.3, -0.25) is 9.59 Å². The maximum atomic E-state index is 11.2. The Morgan fingerprint density at radius 1 is 0.700 bits per heavy atom. The third-order valence-corrected chi connectivity index (χ3v) is 6.19. The summed E-state index contributed by atoms with van der Waals surface area (Å²) in [5.41, 5.74) is 5.92. The Labute approximate surface area is 196 Å². The average molecular weight is 488 g/mol. The van der Waals surface area contributed by atoms with Crippen LogP contribution in [-0.2, 0) is 35.3 Å². The maximum absolute atomic E-state index is 11.2. The first-order valence-electron chi connectivity index (χ1n) is 9.75. The molecule has 160 valence electrons. The van der Waals surface area contributed by atoms with Gasteiger partial charge in [-0.1, -0.05) is 35.3 Å². The van der Waals surface area contributed by atoms with Crippen molar-refractivity contribution < 1.29 is 9.59 Å². The van der Waals surface area contributed by atoms with Gasteiger partial charge in [-0.2, -0.15) is 0 Å². The molecular weight excluding hydrogens is 466 g/mol. The van der Waals surface area contributed by atoms with Crippen LogP contribution in [0.15, 0.2) is 24.3 Å². The first-order chi connectivity index (χ1) is 14.4. The fourth-order valence-corrected chi connectivity index (χ4v) is 4.28. The molecule has 0 spiro atoms. The van der Waals surface area contributed by atoms with Crippen molar-refractivity contribution in [2.45, 2.75) is 38.5 Å². The molecule has 2 amide bonds. The lowest BCUT2D eigenvalue weighted by molar-refractivity contribution is -0.115. The van der Waals surface area contributed by atoms with E-state index in [2.05, 4.69) is 10.6 Å². The molecule has 0 unspecified atom stereocenters. The maximum Gasteiger partial charge on any atom is 0.228 e. The SMILES string of the molecule is O=C1Cc2cc(CCCCl)c(Cl)cc2N1.O=C1Cc2cc(CCCCl)c(Cl)cc2N1. The highest BCUT2D eigenvalue weighted by Crippen LogP contribution is 2.31. The zero-order valence-corrected chi connectivity index (χ0v) is 19.3. The van der Waals surface area contributed by atoms with Gasteiger partial charge < -0.3 is 10.6 Å². The van der Waals surface area contributed by atoms with Crippen LogP contribution in [0.4, 0.5) is 11.4 Å². The zero-order chi connectivity index (χ0) is 21.7. The largest absolute Gasteiger partial charge is 0.325 e. The molecule has 2 aliphatic rings. The number of rotatable bonds is 6. The van der Waals surface area contributed by atoms with Crippen LogP contribution in [0.1, 0.15) is 35.1 Å². The van der Waals surface area contributed by atoms with E-state index in [-0.39, 0.29) is 11.8 Å². The molecular formula is C22H22Cl4N2O2. The van der Waals surface area contributed by atoms with E-state index in [1.165, 1.54) is 0 Å². The summed E-state index contributed by atoms with van der Waals surface area (Å²) in [5, 5.41) is 6.96. The summed E-state index contributed by atoms with van der Waals surface area (Å²) in [5.74, 6) is 1.33. The standard InChI is InChI=1S/2C11H11Cl2NO/c2*12-3-1-2-7-4-8-5-11(15)14-10(8)6-9(7)13/h2*4,6H,1-3,5H2,(H,14,15). The van der Waals surface area contributed by atoms with E-state index in [4.69, 9.17) is 46.4 Å². The quantitative estimate of drug-likeness (QED) is 0.490. The second-order valence-electron chi connectivity index (χ2n) is 7.24. The lowest BCUT2D eigenvalue weighted by Crippen LogP contribution is -2.03. The third-order valence-electron chi connectivity index (χ3n) is 4.95. The van der Waals surface area contributed by atoms with Gasteiger partial charge in [0.1, 0.15) is 0 Å². The predicted octanol–water partition coefficient (Wildman–Crippen LogP) is 6.01. The Bertz CT molecular complexity index is 885. The Morgan fingerprint density at radius 2 is 1.10 bits per heavy atom. The van der Waals surface area contributed by atoms with E-state index < -0.39 is 0 Å². The summed E-state index contributed by atoms with van der Waals surface area (Å²) in [4.78, 5) is 22.3. The topological polar surface area (TPSA) is 58.2 Å². The number of aryl methyl sites for hydroxylation is 2. The summed E-state index contributed by atoms with van der Waals surface area (Å²) < 4.78 is 0. The molecule has 2 aliphatic heterocycles. The van der Waals surface area contributed by atoms with Crippen LogP contribution < -0.4 is 10.6 Å². The highest BCUT2D eigenvalue weighted by atomic mass is 35.5. The molecule has 2 aromatic carbocycles. The van der Waals surface area contributed by atoms with Crippen molar-refractivity contribution in [3.05, 3.63) is 56.6 Å². The molecule has 0 aliphatic carbocycles. The molecule has 0 saturated carbocycles. The van der Waals surface area contributed by atoms with Gasteiger partial charge in [0.15, 0.2) is 0 Å². The second kappa shape index (κ2) is 10.7. The highest BCUT2D eigenvalue weighted by molar-refractivity contribution is 6.32. The molecule has 0 atom stereocenters. The van der Waals surface area contributed by atoms with Gasteiger partial charge >= 0.3 is 0 Å². The minimum atomic E-state index is 0.0376. The summed E-state index contributed by atoms with van der Waals surface area (Å²) in [7, 11) is 0. The number of hydrogen-bond acceptors (Lipinski definition) is 2. The van der Waals surface area contributed by atoms with Crippen molar-refractivity contribution in [2.75, 3.05) is 22.4 Å². The Kier molecular flexibility index (Phi) is 8.29. The number of alkyl halides is 2. The number of halogens is 4. The average Bonchev–Trinajstić information content (AvgIpc) is 3.24. The fraction of sp³-hybridized carbons (Fsp3) is 0.364. The fourth-order valence-electron chi connectivity index (χ4n) is 3.50. The van der Waals surface area contributed by atoms with E-state index in [9.17, 15) is 9.59 Å². The first kappa shape index (κ1) is 23.2. The Morgan fingerprint density at radius 3 is 1.47 bits per heavy atom. The van der Waals surface area contributed by atoms with Crippen molar-refractivity contribution in [3.8, 4) is 0 Å². The van der Waals surface area contributed by atoms with Gasteiger partial charge in [-0.15, -0.1) is 23.2 Å². The predicted molar refractivity (Wildman–Crippen MR) is 126 cm³/mol. The van der Waals surface area contributed by atoms with Crippen molar-refractivity contribution in [2.24, 2.45) is 0 Å². The molecule has 0 aromatic heterocycles. The van der Waals surface area contributed by atoms with Gasteiger partial charge in [-0.05, 0) is 60.1 Å². The number of amides is 2. The molecule has 0 saturated heterocycles. The van der Waals surface area contributed by atoms with Gasteiger partial charge in [0.2, 0.25) is 11.8 Å². The van der Waals surface area contributed by atoms with E-state index >= 15 is 0 Å². The normalized spacial score (nSPS) is 13.9. The zero-order valence-electron chi connectivity index (χ0n) is 16.3. The van der Waals surface area contributed by atoms with Crippen LogP contribution in [0, 0.1) is 0 Å². The monoisotopic (exact) mass is 486 g/mol. The summed E-state index contributed by atoms with van der Waals surface area (Å²) in [6.45, 7) is 0. The van der Waals surface area contributed by atoms with Crippen LogP contribution in [0.2, 0.25) is 10.0 Å². The lowest BCUT2D eigenvalue weighted by Gasteiger charge is -2.06. The van der Waals surface area contributed by atoms with Crippen LogP contribution in [0.3, 0.4) is 0 Å². The second-order valence-corrected chi connectivity index (χ2v) is 8.81. The summed E-state index contributed by atoms with van der Waals surface area (Å²) in [6, 6.07) is 7.65. The van der Waals surface area contributed by atoms with Gasteiger partial charge in [-0.25, -0.2) is 0 Å². The van der Waals surface area contributed by atoms with Crippen LogP contribution in [-0.4, -0.2) is 23.6 Å². The van der Waals surface area contributed by atoms with Gasteiger partial charge in [0, 0.05) is 33.2 Å². The number of carbonyl (C=O) groups is 2. The number of nitrogens with one attached hydrogen (secondary N) is 2. The van der Waals surface area contributed by atoms with Crippen molar-refractivity contribution in [1.82, 2.24) is 0 Å². The number of carbonyl (C=O) groups excluding carboxylic acids is 2. The Hall–Kier alpha value is -1.46. The molecule has 2 aromatic rings. The van der Waals surface area contributed by atoms with Crippen molar-refractivity contribution in [3.63, 3.8) is 0 Å². The number of benzene rings is 2. The molecule has 30 heavy (non-hydrogen) atoms. The summed E-state index contributed by atoms with van der Waals surface area (Å²) >= 11 is 23.5. The van der Waals surface area contributed by atoms with Crippen molar-refractivity contribution in [1.29, 1.82) is 0 Å². The lowest BCUT2D eigenvalue weighted by atomic mass is 10.0. The van der Waals surface area contributed by atoms with Gasteiger partial charge in [0.25, 0.3) is 0 Å². The molecule has 0 fully saturated rings. The highest BCUT2D eigenvalue weighted by Gasteiger charge is 2.20. The third kappa shape index (κ3) is 5.82. The molecule has 2 N–H and O–H groups in total. The first-order valence-corrected chi connectivity index (χ1v) is 11.6. The smallest absolute Gasteiger partial charge is 0.228 e. The van der Waals surface area contributed by atoms with E-state index in [0.717, 1.165) is 59.3 Å². The van der Waals surface area contributed by atoms with Crippen LogP contribution >= 0.6 is 46.4 Å². The number of anilines is 2. The molecule has 8 heteroatoms. The van der Waals surface area contributed by atoms with E-state index in [1.54, 1.807) is 0 Å². The summed E-state index contributed by atoms with van der Waals surface area (Å²) in [6.07, 6.45) is 4.46. The molecule has 2 heterocycles. The minimum Gasteiger partial charge on any atom is -0.325 e.